The Labute approximate surface area is 155 Å². The fourth-order valence-electron chi connectivity index (χ4n) is 3.12. The van der Waals surface area contributed by atoms with Crippen molar-refractivity contribution in [3.05, 3.63) is 59.7 Å². The van der Waals surface area contributed by atoms with Gasteiger partial charge in [0.1, 0.15) is 5.75 Å². The minimum atomic E-state index is 0.0865. The summed E-state index contributed by atoms with van der Waals surface area (Å²) in [6.07, 6.45) is 0. The Bertz CT molecular complexity index is 705. The standard InChI is InChI=1S/C21H27N3O2/c1-17-3-5-18(6-4-17)15-22-21(25)16-23-11-13-24(14-12-23)19-7-9-20(26-2)10-8-19/h3-10H,11-16H2,1-2H3,(H,22,25). The summed E-state index contributed by atoms with van der Waals surface area (Å²) >= 11 is 0. The van der Waals surface area contributed by atoms with E-state index in [2.05, 4.69) is 58.4 Å². The summed E-state index contributed by atoms with van der Waals surface area (Å²) in [5.41, 5.74) is 3.57. The van der Waals surface area contributed by atoms with E-state index in [1.54, 1.807) is 7.11 Å². The number of benzene rings is 2. The second-order valence-electron chi connectivity index (χ2n) is 6.72. The highest BCUT2D eigenvalue weighted by atomic mass is 16.5. The molecule has 1 aliphatic heterocycles. The molecule has 0 saturated carbocycles. The molecule has 5 nitrogen and oxygen atoms in total. The Hall–Kier alpha value is -2.53. The Morgan fingerprint density at radius 3 is 2.27 bits per heavy atom. The first-order chi connectivity index (χ1) is 12.6. The molecule has 1 aliphatic rings. The van der Waals surface area contributed by atoms with Crippen LogP contribution in [0.3, 0.4) is 0 Å². The van der Waals surface area contributed by atoms with Gasteiger partial charge < -0.3 is 15.0 Å². The van der Waals surface area contributed by atoms with Gasteiger partial charge in [-0.05, 0) is 36.8 Å². The normalized spacial score (nSPS) is 14.9. The molecule has 1 heterocycles. The maximum Gasteiger partial charge on any atom is 0.234 e. The van der Waals surface area contributed by atoms with Gasteiger partial charge in [0.05, 0.1) is 13.7 Å². The quantitative estimate of drug-likeness (QED) is 0.866. The second-order valence-corrected chi connectivity index (χ2v) is 6.72. The molecule has 26 heavy (non-hydrogen) atoms. The molecule has 1 amide bonds. The van der Waals surface area contributed by atoms with E-state index < -0.39 is 0 Å². The van der Waals surface area contributed by atoms with E-state index in [4.69, 9.17) is 4.74 Å². The number of aryl methyl sites for hydroxylation is 1. The highest BCUT2D eigenvalue weighted by molar-refractivity contribution is 5.78. The number of carbonyl (C=O) groups is 1. The number of ether oxygens (including phenoxy) is 1. The molecule has 1 saturated heterocycles. The number of amides is 1. The molecular formula is C21H27N3O2. The van der Waals surface area contributed by atoms with Crippen LogP contribution in [-0.4, -0.2) is 50.6 Å². The largest absolute Gasteiger partial charge is 0.497 e. The first-order valence-corrected chi connectivity index (χ1v) is 9.07. The molecule has 2 aromatic carbocycles. The highest BCUT2D eigenvalue weighted by Gasteiger charge is 2.19. The lowest BCUT2D eigenvalue weighted by Gasteiger charge is -2.35. The number of methoxy groups -OCH3 is 1. The van der Waals surface area contributed by atoms with Gasteiger partial charge in [-0.3, -0.25) is 9.69 Å². The van der Waals surface area contributed by atoms with Crippen LogP contribution in [0.4, 0.5) is 5.69 Å². The van der Waals surface area contributed by atoms with Gasteiger partial charge in [0, 0.05) is 38.4 Å². The number of piperazine rings is 1. The Balaban J connectivity index is 1.41. The predicted octanol–water partition coefficient (Wildman–Crippen LogP) is 2.44. The fraction of sp³-hybridized carbons (Fsp3) is 0.381. The lowest BCUT2D eigenvalue weighted by molar-refractivity contribution is -0.122. The molecule has 1 N–H and O–H groups in total. The molecule has 5 heteroatoms. The summed E-state index contributed by atoms with van der Waals surface area (Å²) in [6.45, 7) is 6.75. The van der Waals surface area contributed by atoms with E-state index in [1.807, 2.05) is 12.1 Å². The molecule has 0 bridgehead atoms. The first kappa shape index (κ1) is 18.3. The van der Waals surface area contributed by atoms with Gasteiger partial charge in [-0.15, -0.1) is 0 Å². The van der Waals surface area contributed by atoms with Crippen molar-refractivity contribution < 1.29 is 9.53 Å². The van der Waals surface area contributed by atoms with E-state index in [0.717, 1.165) is 37.5 Å². The second kappa shape index (κ2) is 8.72. The van der Waals surface area contributed by atoms with E-state index in [0.29, 0.717) is 13.1 Å². The fourth-order valence-corrected chi connectivity index (χ4v) is 3.12. The average Bonchev–Trinajstić information content (AvgIpc) is 2.68. The molecule has 0 aromatic heterocycles. The van der Waals surface area contributed by atoms with Crippen molar-refractivity contribution in [1.82, 2.24) is 10.2 Å². The maximum absolute atomic E-state index is 12.2. The summed E-state index contributed by atoms with van der Waals surface area (Å²) < 4.78 is 5.21. The van der Waals surface area contributed by atoms with Crippen LogP contribution in [0.5, 0.6) is 5.75 Å². The molecule has 2 aromatic rings. The molecule has 0 spiro atoms. The van der Waals surface area contributed by atoms with E-state index in [-0.39, 0.29) is 5.91 Å². The summed E-state index contributed by atoms with van der Waals surface area (Å²) in [5, 5.41) is 3.01. The number of hydrogen-bond acceptors (Lipinski definition) is 4. The predicted molar refractivity (Wildman–Crippen MR) is 105 cm³/mol. The third kappa shape index (κ3) is 4.99. The first-order valence-electron chi connectivity index (χ1n) is 9.07. The van der Waals surface area contributed by atoms with Crippen LogP contribution in [0.2, 0.25) is 0 Å². The van der Waals surface area contributed by atoms with Crippen molar-refractivity contribution in [3.63, 3.8) is 0 Å². The van der Waals surface area contributed by atoms with E-state index >= 15 is 0 Å². The van der Waals surface area contributed by atoms with Crippen LogP contribution in [0.25, 0.3) is 0 Å². The van der Waals surface area contributed by atoms with Gasteiger partial charge in [-0.25, -0.2) is 0 Å². The van der Waals surface area contributed by atoms with Gasteiger partial charge in [0.25, 0.3) is 0 Å². The lowest BCUT2D eigenvalue weighted by Crippen LogP contribution is -2.49. The molecule has 0 unspecified atom stereocenters. The molecule has 3 rings (SSSR count). The number of hydrogen-bond donors (Lipinski definition) is 1. The molecule has 0 radical (unpaired) electrons. The van der Waals surface area contributed by atoms with Gasteiger partial charge >= 0.3 is 0 Å². The SMILES string of the molecule is COc1ccc(N2CCN(CC(=O)NCc3ccc(C)cc3)CC2)cc1. The summed E-state index contributed by atoms with van der Waals surface area (Å²) in [5.74, 6) is 0.959. The maximum atomic E-state index is 12.2. The zero-order valence-electron chi connectivity index (χ0n) is 15.6. The smallest absolute Gasteiger partial charge is 0.234 e. The molecule has 0 atom stereocenters. The van der Waals surface area contributed by atoms with Crippen LogP contribution in [0.1, 0.15) is 11.1 Å². The number of carbonyl (C=O) groups excluding carboxylic acids is 1. The Kier molecular flexibility index (Phi) is 6.12. The van der Waals surface area contributed by atoms with Crippen molar-refractivity contribution in [3.8, 4) is 5.75 Å². The van der Waals surface area contributed by atoms with E-state index in [1.165, 1.54) is 11.3 Å². The summed E-state index contributed by atoms with van der Waals surface area (Å²) in [4.78, 5) is 16.8. The van der Waals surface area contributed by atoms with Crippen LogP contribution >= 0.6 is 0 Å². The Morgan fingerprint density at radius 2 is 1.65 bits per heavy atom. The third-order valence-electron chi connectivity index (χ3n) is 4.79. The monoisotopic (exact) mass is 353 g/mol. The summed E-state index contributed by atoms with van der Waals surface area (Å²) in [7, 11) is 1.68. The van der Waals surface area contributed by atoms with Crippen LogP contribution in [-0.2, 0) is 11.3 Å². The topological polar surface area (TPSA) is 44.8 Å². The molecular weight excluding hydrogens is 326 g/mol. The number of anilines is 1. The number of nitrogens with one attached hydrogen (secondary N) is 1. The minimum absolute atomic E-state index is 0.0865. The summed E-state index contributed by atoms with van der Waals surface area (Å²) in [6, 6.07) is 16.4. The average molecular weight is 353 g/mol. The van der Waals surface area contributed by atoms with Gasteiger partial charge in [-0.1, -0.05) is 29.8 Å². The van der Waals surface area contributed by atoms with Crippen LogP contribution in [0, 0.1) is 6.92 Å². The van der Waals surface area contributed by atoms with Crippen molar-refractivity contribution in [2.45, 2.75) is 13.5 Å². The molecule has 138 valence electrons. The van der Waals surface area contributed by atoms with Crippen molar-refractivity contribution >= 4 is 11.6 Å². The Morgan fingerprint density at radius 1 is 1.00 bits per heavy atom. The zero-order valence-corrected chi connectivity index (χ0v) is 15.6. The van der Waals surface area contributed by atoms with Crippen LogP contribution in [0.15, 0.2) is 48.5 Å². The van der Waals surface area contributed by atoms with Gasteiger partial charge in [0.2, 0.25) is 5.91 Å². The minimum Gasteiger partial charge on any atom is -0.497 e. The van der Waals surface area contributed by atoms with E-state index in [9.17, 15) is 4.79 Å². The van der Waals surface area contributed by atoms with Crippen LogP contribution < -0.4 is 15.0 Å². The highest BCUT2D eigenvalue weighted by Crippen LogP contribution is 2.20. The van der Waals surface area contributed by atoms with Crippen molar-refractivity contribution in [1.29, 1.82) is 0 Å². The van der Waals surface area contributed by atoms with Crippen molar-refractivity contribution in [2.75, 3.05) is 44.7 Å². The lowest BCUT2D eigenvalue weighted by atomic mass is 10.1. The third-order valence-corrected chi connectivity index (χ3v) is 4.79. The van der Waals surface area contributed by atoms with Gasteiger partial charge in [0.15, 0.2) is 0 Å². The van der Waals surface area contributed by atoms with Crippen molar-refractivity contribution in [2.24, 2.45) is 0 Å². The molecule has 1 fully saturated rings. The zero-order chi connectivity index (χ0) is 18.4. The number of nitrogens with zero attached hydrogens (tertiary/aromatic N) is 2. The molecule has 0 aliphatic carbocycles. The number of rotatable bonds is 6. The van der Waals surface area contributed by atoms with Gasteiger partial charge in [-0.2, -0.15) is 0 Å².